The second-order valence-corrected chi connectivity index (χ2v) is 7.17. The molecule has 1 aromatic heterocycles. The van der Waals surface area contributed by atoms with E-state index in [-0.39, 0.29) is 17.6 Å². The first kappa shape index (κ1) is 21.0. The number of carbonyl (C=O) groups is 3. The van der Waals surface area contributed by atoms with Gasteiger partial charge in [-0.2, -0.15) is 5.10 Å². The van der Waals surface area contributed by atoms with Crippen molar-refractivity contribution in [3.63, 3.8) is 0 Å². The maximum absolute atomic E-state index is 12.7. The number of carbonyl (C=O) groups excluding carboxylic acids is 2. The summed E-state index contributed by atoms with van der Waals surface area (Å²) < 4.78 is 0. The van der Waals surface area contributed by atoms with Crippen LogP contribution in [0.4, 0.5) is 11.5 Å². The Bertz CT molecular complexity index is 974. The van der Waals surface area contributed by atoms with Crippen LogP contribution in [0.2, 0.25) is 0 Å². The molecular formula is C21H23N5O4. The number of aliphatic carboxylic acids is 1. The highest BCUT2D eigenvalue weighted by Gasteiger charge is 2.41. The number of hydrogen-bond acceptors (Lipinski definition) is 6. The topological polar surface area (TPSA) is 147 Å². The molecule has 0 bridgehead atoms. The Labute approximate surface area is 173 Å². The molecular weight excluding hydrogens is 386 g/mol. The largest absolute Gasteiger partial charge is 0.481 e. The van der Waals surface area contributed by atoms with Crippen LogP contribution in [0.1, 0.15) is 36.8 Å². The molecule has 1 aliphatic carbocycles. The molecule has 3 rings (SSSR count). The van der Waals surface area contributed by atoms with Crippen molar-refractivity contribution < 1.29 is 19.5 Å². The summed E-state index contributed by atoms with van der Waals surface area (Å²) in [5.41, 5.74) is 1.83. The molecule has 2 aromatic rings. The maximum Gasteiger partial charge on any atom is 0.310 e. The second-order valence-electron chi connectivity index (χ2n) is 7.17. The van der Waals surface area contributed by atoms with E-state index in [1.54, 1.807) is 36.4 Å². The Morgan fingerprint density at radius 1 is 1.13 bits per heavy atom. The Morgan fingerprint density at radius 3 is 2.33 bits per heavy atom. The van der Waals surface area contributed by atoms with E-state index in [2.05, 4.69) is 20.7 Å². The van der Waals surface area contributed by atoms with Crippen molar-refractivity contribution in [2.24, 2.45) is 22.8 Å². The van der Waals surface area contributed by atoms with Gasteiger partial charge in [-0.15, -0.1) is 0 Å². The molecule has 1 aliphatic rings. The molecule has 0 aliphatic heterocycles. The minimum atomic E-state index is -1.01. The van der Waals surface area contributed by atoms with Gasteiger partial charge in [-0.3, -0.25) is 14.4 Å². The quantitative estimate of drug-likeness (QED) is 0.313. The van der Waals surface area contributed by atoms with Gasteiger partial charge in [0.1, 0.15) is 5.82 Å². The van der Waals surface area contributed by atoms with Crippen LogP contribution in [0.15, 0.2) is 47.7 Å². The number of aromatic nitrogens is 1. The SMILES string of the molecule is CC(C(=O)O)c1cccnc1NC(=O)C1CCC1C(=O)Nc1ccc(C=NN)cc1. The Balaban J connectivity index is 1.64. The standard InChI is InChI=1S/C21H23N5O4/c1-12(21(29)30)15-3-2-10-23-18(15)26-20(28)17-9-8-16(17)19(27)25-14-6-4-13(5-7-14)11-24-22/h2-7,10-12,16-17H,8-9,22H2,1H3,(H,25,27)(H,29,30)(H,23,26,28). The van der Waals surface area contributed by atoms with Gasteiger partial charge >= 0.3 is 5.97 Å². The number of hydrogen-bond donors (Lipinski definition) is 4. The minimum Gasteiger partial charge on any atom is -0.481 e. The van der Waals surface area contributed by atoms with Crippen LogP contribution in [0.25, 0.3) is 0 Å². The summed E-state index contributed by atoms with van der Waals surface area (Å²) in [6, 6.07) is 10.2. The predicted octanol–water partition coefficient (Wildman–Crippen LogP) is 2.17. The third kappa shape index (κ3) is 4.62. The predicted molar refractivity (Wildman–Crippen MR) is 112 cm³/mol. The molecule has 1 aromatic carbocycles. The molecule has 0 radical (unpaired) electrons. The molecule has 2 amide bonds. The smallest absolute Gasteiger partial charge is 0.310 e. The highest BCUT2D eigenvalue weighted by molar-refractivity contribution is 6.01. The van der Waals surface area contributed by atoms with Gasteiger partial charge in [-0.05, 0) is 43.5 Å². The van der Waals surface area contributed by atoms with Crippen molar-refractivity contribution >= 4 is 35.5 Å². The second kappa shape index (κ2) is 9.17. The third-order valence-electron chi connectivity index (χ3n) is 5.27. The number of carboxylic acids is 1. The number of anilines is 2. The van der Waals surface area contributed by atoms with E-state index in [9.17, 15) is 19.5 Å². The molecule has 5 N–H and O–H groups in total. The van der Waals surface area contributed by atoms with E-state index in [4.69, 9.17) is 5.84 Å². The first-order valence-corrected chi connectivity index (χ1v) is 9.53. The first-order valence-electron chi connectivity index (χ1n) is 9.53. The van der Waals surface area contributed by atoms with Crippen LogP contribution in [0, 0.1) is 11.8 Å². The van der Waals surface area contributed by atoms with Gasteiger partial charge < -0.3 is 21.6 Å². The molecule has 0 saturated heterocycles. The fourth-order valence-corrected chi connectivity index (χ4v) is 3.32. The Hall–Kier alpha value is -3.75. The van der Waals surface area contributed by atoms with Crippen molar-refractivity contribution in [2.45, 2.75) is 25.7 Å². The highest BCUT2D eigenvalue weighted by atomic mass is 16.4. The summed E-state index contributed by atoms with van der Waals surface area (Å²) in [6.45, 7) is 1.53. The van der Waals surface area contributed by atoms with Gasteiger partial charge in [0, 0.05) is 29.3 Å². The molecule has 0 spiro atoms. The number of pyridine rings is 1. The van der Waals surface area contributed by atoms with E-state index >= 15 is 0 Å². The zero-order chi connectivity index (χ0) is 21.7. The average Bonchev–Trinajstić information content (AvgIpc) is 2.68. The van der Waals surface area contributed by atoms with Crippen molar-refractivity contribution in [3.05, 3.63) is 53.7 Å². The van der Waals surface area contributed by atoms with Gasteiger partial charge in [0.25, 0.3) is 0 Å². The molecule has 9 heteroatoms. The molecule has 3 unspecified atom stereocenters. The van der Waals surface area contributed by atoms with Gasteiger partial charge in [0.05, 0.1) is 12.1 Å². The lowest BCUT2D eigenvalue weighted by atomic mass is 9.72. The molecule has 1 fully saturated rings. The van der Waals surface area contributed by atoms with Crippen LogP contribution >= 0.6 is 0 Å². The number of hydrazone groups is 1. The lowest BCUT2D eigenvalue weighted by Gasteiger charge is -2.34. The fraction of sp³-hybridized carbons (Fsp3) is 0.286. The maximum atomic E-state index is 12.7. The van der Waals surface area contributed by atoms with Gasteiger partial charge in [0.2, 0.25) is 11.8 Å². The molecule has 3 atom stereocenters. The molecule has 1 heterocycles. The Morgan fingerprint density at radius 2 is 1.77 bits per heavy atom. The van der Waals surface area contributed by atoms with Crippen molar-refractivity contribution in [1.29, 1.82) is 0 Å². The number of amides is 2. The number of nitrogens with two attached hydrogens (primary N) is 1. The summed E-state index contributed by atoms with van der Waals surface area (Å²) in [6.07, 6.45) is 4.15. The summed E-state index contributed by atoms with van der Waals surface area (Å²) in [7, 11) is 0. The molecule has 156 valence electrons. The monoisotopic (exact) mass is 409 g/mol. The lowest BCUT2D eigenvalue weighted by molar-refractivity contribution is -0.138. The van der Waals surface area contributed by atoms with Crippen LogP contribution in [-0.4, -0.2) is 34.1 Å². The van der Waals surface area contributed by atoms with Crippen LogP contribution in [0.3, 0.4) is 0 Å². The number of nitrogens with zero attached hydrogens (tertiary/aromatic N) is 2. The lowest BCUT2D eigenvalue weighted by Crippen LogP contribution is -2.43. The van der Waals surface area contributed by atoms with Crippen molar-refractivity contribution in [1.82, 2.24) is 4.98 Å². The highest BCUT2D eigenvalue weighted by Crippen LogP contribution is 2.36. The van der Waals surface area contributed by atoms with Crippen molar-refractivity contribution in [3.8, 4) is 0 Å². The van der Waals surface area contributed by atoms with Gasteiger partial charge in [-0.25, -0.2) is 4.98 Å². The van der Waals surface area contributed by atoms with E-state index in [0.29, 0.717) is 24.1 Å². The molecule has 9 nitrogen and oxygen atoms in total. The molecule has 30 heavy (non-hydrogen) atoms. The van der Waals surface area contributed by atoms with Gasteiger partial charge in [0.15, 0.2) is 0 Å². The molecule has 1 saturated carbocycles. The number of nitrogens with one attached hydrogen (secondary N) is 2. The third-order valence-corrected chi connectivity index (χ3v) is 5.27. The van der Waals surface area contributed by atoms with Gasteiger partial charge in [-0.1, -0.05) is 18.2 Å². The number of carboxylic acid groups (broad SMARTS) is 1. The normalized spacial score (nSPS) is 19.0. The number of benzene rings is 1. The van der Waals surface area contributed by atoms with E-state index in [0.717, 1.165) is 5.56 Å². The zero-order valence-electron chi connectivity index (χ0n) is 16.4. The summed E-state index contributed by atoms with van der Waals surface area (Å²) in [5.74, 6) is 1.96. The van der Waals surface area contributed by atoms with Crippen LogP contribution < -0.4 is 16.5 Å². The van der Waals surface area contributed by atoms with Crippen LogP contribution in [-0.2, 0) is 14.4 Å². The Kier molecular flexibility index (Phi) is 6.41. The van der Waals surface area contributed by atoms with E-state index < -0.39 is 23.7 Å². The zero-order valence-corrected chi connectivity index (χ0v) is 16.4. The summed E-state index contributed by atoms with van der Waals surface area (Å²) >= 11 is 0. The summed E-state index contributed by atoms with van der Waals surface area (Å²) in [4.78, 5) is 40.7. The first-order chi connectivity index (χ1) is 14.4. The van der Waals surface area contributed by atoms with Crippen LogP contribution in [0.5, 0.6) is 0 Å². The van der Waals surface area contributed by atoms with E-state index in [1.165, 1.54) is 19.3 Å². The minimum absolute atomic E-state index is 0.209. The summed E-state index contributed by atoms with van der Waals surface area (Å²) in [5, 5.41) is 18.2. The average molecular weight is 409 g/mol. The van der Waals surface area contributed by atoms with Crippen molar-refractivity contribution in [2.75, 3.05) is 10.6 Å². The van der Waals surface area contributed by atoms with E-state index in [1.807, 2.05) is 0 Å². The fourth-order valence-electron chi connectivity index (χ4n) is 3.32. The number of rotatable bonds is 7.